The molecular weight excluding hydrogens is 302 g/mol. The SMILES string of the molecule is COCCOc1ccc(PC(=O)c2c(C)cccc2C)cc1.[LiH]. The fourth-order valence-electron chi connectivity index (χ4n) is 2.24. The van der Waals surface area contributed by atoms with Crippen molar-refractivity contribution in [1.82, 2.24) is 0 Å². The summed E-state index contributed by atoms with van der Waals surface area (Å²) in [5, 5.41) is 1.02. The molecule has 0 aromatic heterocycles. The van der Waals surface area contributed by atoms with Gasteiger partial charge in [-0.3, -0.25) is 4.79 Å². The van der Waals surface area contributed by atoms with Crippen LogP contribution in [0, 0.1) is 13.8 Å². The minimum absolute atomic E-state index is 0. The molecule has 0 saturated carbocycles. The molecule has 0 aliphatic rings. The summed E-state index contributed by atoms with van der Waals surface area (Å²) in [5.74, 6) is 0.796. The van der Waals surface area contributed by atoms with Gasteiger partial charge in [0.15, 0.2) is 5.52 Å². The van der Waals surface area contributed by atoms with Crippen LogP contribution in [0.4, 0.5) is 0 Å². The van der Waals surface area contributed by atoms with E-state index < -0.39 is 0 Å². The second-order valence-corrected chi connectivity index (χ2v) is 6.37. The fourth-order valence-corrected chi connectivity index (χ4v) is 3.36. The molecule has 0 saturated heterocycles. The van der Waals surface area contributed by atoms with Crippen molar-refractivity contribution in [2.75, 3.05) is 20.3 Å². The Balaban J connectivity index is 0.00000264. The van der Waals surface area contributed by atoms with E-state index in [9.17, 15) is 4.79 Å². The molecule has 0 spiro atoms. The first-order valence-corrected chi connectivity index (χ1v) is 8.21. The molecular formula is C18H22LiO3P. The van der Waals surface area contributed by atoms with Gasteiger partial charge in [0.25, 0.3) is 0 Å². The molecule has 0 heterocycles. The molecule has 3 nitrogen and oxygen atoms in total. The Morgan fingerprint density at radius 2 is 1.61 bits per heavy atom. The first-order chi connectivity index (χ1) is 10.6. The number of rotatable bonds is 7. The third kappa shape index (κ3) is 5.79. The van der Waals surface area contributed by atoms with Gasteiger partial charge in [-0.05, 0) is 51.0 Å². The number of methoxy groups -OCH3 is 1. The van der Waals surface area contributed by atoms with Gasteiger partial charge in [-0.1, -0.05) is 30.3 Å². The number of ether oxygens (including phenoxy) is 2. The molecule has 0 aliphatic heterocycles. The van der Waals surface area contributed by atoms with Crippen molar-refractivity contribution in [3.05, 3.63) is 59.2 Å². The normalized spacial score (nSPS) is 10.6. The van der Waals surface area contributed by atoms with Gasteiger partial charge in [0, 0.05) is 12.7 Å². The van der Waals surface area contributed by atoms with Gasteiger partial charge in [-0.15, -0.1) is 0 Å². The zero-order valence-electron chi connectivity index (χ0n) is 13.2. The van der Waals surface area contributed by atoms with E-state index in [1.807, 2.05) is 56.3 Å². The van der Waals surface area contributed by atoms with Crippen LogP contribution in [-0.2, 0) is 4.74 Å². The molecule has 118 valence electrons. The molecule has 1 atom stereocenters. The molecule has 0 radical (unpaired) electrons. The average Bonchev–Trinajstić information content (AvgIpc) is 2.49. The summed E-state index contributed by atoms with van der Waals surface area (Å²) in [4.78, 5) is 12.5. The topological polar surface area (TPSA) is 35.5 Å². The van der Waals surface area contributed by atoms with Crippen LogP contribution in [0.5, 0.6) is 5.75 Å². The molecule has 2 aromatic carbocycles. The van der Waals surface area contributed by atoms with Gasteiger partial charge in [-0.2, -0.15) is 0 Å². The molecule has 23 heavy (non-hydrogen) atoms. The molecule has 5 heteroatoms. The Hall–Kier alpha value is -1.10. The number of aryl methyl sites for hydroxylation is 2. The van der Waals surface area contributed by atoms with Gasteiger partial charge in [0.2, 0.25) is 0 Å². The van der Waals surface area contributed by atoms with Crippen molar-refractivity contribution >= 4 is 38.3 Å². The predicted octanol–water partition coefficient (Wildman–Crippen LogP) is 2.82. The Kier molecular flexibility index (Phi) is 8.59. The molecule has 0 bridgehead atoms. The van der Waals surface area contributed by atoms with Gasteiger partial charge >= 0.3 is 18.9 Å². The number of hydrogen-bond acceptors (Lipinski definition) is 3. The second-order valence-electron chi connectivity index (χ2n) is 5.09. The summed E-state index contributed by atoms with van der Waals surface area (Å²) in [7, 11) is 1.77. The van der Waals surface area contributed by atoms with E-state index in [0.29, 0.717) is 13.2 Å². The molecule has 0 fully saturated rings. The first kappa shape index (κ1) is 19.9. The summed E-state index contributed by atoms with van der Waals surface area (Å²) in [5.41, 5.74) is 3.11. The predicted molar refractivity (Wildman–Crippen MR) is 99.2 cm³/mol. The average molecular weight is 324 g/mol. The zero-order valence-corrected chi connectivity index (χ0v) is 14.2. The van der Waals surface area contributed by atoms with Crippen molar-refractivity contribution in [2.24, 2.45) is 0 Å². The van der Waals surface area contributed by atoms with E-state index >= 15 is 0 Å². The van der Waals surface area contributed by atoms with E-state index in [-0.39, 0.29) is 33.0 Å². The van der Waals surface area contributed by atoms with Crippen molar-refractivity contribution < 1.29 is 14.3 Å². The summed E-state index contributed by atoms with van der Waals surface area (Å²) >= 11 is 0. The monoisotopic (exact) mass is 324 g/mol. The minimum atomic E-state index is 0. The van der Waals surface area contributed by atoms with E-state index in [1.165, 1.54) is 0 Å². The maximum absolute atomic E-state index is 12.5. The van der Waals surface area contributed by atoms with Crippen LogP contribution in [0.15, 0.2) is 42.5 Å². The van der Waals surface area contributed by atoms with Gasteiger partial charge in [0.1, 0.15) is 12.4 Å². The van der Waals surface area contributed by atoms with Crippen LogP contribution in [0.25, 0.3) is 0 Å². The van der Waals surface area contributed by atoms with E-state index in [1.54, 1.807) is 7.11 Å². The maximum atomic E-state index is 12.5. The van der Waals surface area contributed by atoms with Gasteiger partial charge in [-0.25, -0.2) is 0 Å². The first-order valence-electron chi connectivity index (χ1n) is 7.21. The molecule has 0 aliphatic carbocycles. The van der Waals surface area contributed by atoms with Crippen LogP contribution in [0.2, 0.25) is 0 Å². The third-order valence-electron chi connectivity index (χ3n) is 3.38. The molecule has 1 unspecified atom stereocenters. The van der Waals surface area contributed by atoms with Gasteiger partial charge in [0.05, 0.1) is 6.61 Å². The van der Waals surface area contributed by atoms with Crippen molar-refractivity contribution in [3.8, 4) is 5.75 Å². The van der Waals surface area contributed by atoms with Crippen LogP contribution in [0.3, 0.4) is 0 Å². The van der Waals surface area contributed by atoms with Crippen LogP contribution in [0.1, 0.15) is 21.5 Å². The van der Waals surface area contributed by atoms with Crippen LogP contribution >= 0.6 is 8.58 Å². The standard InChI is InChI=1S/C18H21O3P.Li.H/c1-13-5-4-6-14(2)17(13)18(19)22-16-9-7-15(8-10-16)21-12-11-20-3;;/h4-10,22H,11-12H2,1-3H3;;. The van der Waals surface area contributed by atoms with Crippen LogP contribution < -0.4 is 10.0 Å². The Bertz CT molecular complexity index is 621. The van der Waals surface area contributed by atoms with Gasteiger partial charge < -0.3 is 9.47 Å². The Morgan fingerprint density at radius 3 is 2.17 bits per heavy atom. The number of carbonyl (C=O) groups is 1. The number of carbonyl (C=O) groups excluding carboxylic acids is 1. The summed E-state index contributed by atoms with van der Waals surface area (Å²) in [6.07, 6.45) is 0. The molecule has 2 aromatic rings. The second kappa shape index (κ2) is 9.91. The van der Waals surface area contributed by atoms with E-state index in [0.717, 1.165) is 27.7 Å². The molecule has 0 N–H and O–H groups in total. The zero-order chi connectivity index (χ0) is 15.9. The van der Waals surface area contributed by atoms with Crippen molar-refractivity contribution in [2.45, 2.75) is 13.8 Å². The fraction of sp³-hybridized carbons (Fsp3) is 0.278. The number of hydrogen-bond donors (Lipinski definition) is 0. The summed E-state index contributed by atoms with van der Waals surface area (Å²) in [6.45, 7) is 5.06. The summed E-state index contributed by atoms with van der Waals surface area (Å²) < 4.78 is 10.5. The Labute approximate surface area is 151 Å². The molecule has 0 amide bonds. The van der Waals surface area contributed by atoms with E-state index in [2.05, 4.69) is 0 Å². The summed E-state index contributed by atoms with van der Waals surface area (Å²) in [6, 6.07) is 13.6. The van der Waals surface area contributed by atoms with Crippen molar-refractivity contribution in [3.63, 3.8) is 0 Å². The van der Waals surface area contributed by atoms with Crippen molar-refractivity contribution in [1.29, 1.82) is 0 Å². The third-order valence-corrected chi connectivity index (χ3v) is 4.48. The Morgan fingerprint density at radius 1 is 1.00 bits per heavy atom. The quantitative estimate of drug-likeness (QED) is 0.446. The van der Waals surface area contributed by atoms with Crippen LogP contribution in [-0.4, -0.2) is 44.7 Å². The van der Waals surface area contributed by atoms with E-state index in [4.69, 9.17) is 9.47 Å². The number of benzene rings is 2. The molecule has 2 rings (SSSR count).